The maximum absolute atomic E-state index is 13.9. The summed E-state index contributed by atoms with van der Waals surface area (Å²) in [6, 6.07) is 2.96. The molecule has 4 unspecified atom stereocenters. The van der Waals surface area contributed by atoms with Gasteiger partial charge < -0.3 is 33.5 Å². The number of alkyl halides is 3. The predicted octanol–water partition coefficient (Wildman–Crippen LogP) is 4.26. The summed E-state index contributed by atoms with van der Waals surface area (Å²) >= 11 is 0. The Balaban J connectivity index is 2.13. The summed E-state index contributed by atoms with van der Waals surface area (Å²) < 4.78 is 74.4. The molecule has 1 aromatic carbocycles. The SMILES string of the molecule is COCOc1cc(OC)cc2c1C(=O)OC(C)C(C(F)(F)F)/C=C\C(O)C1OC(C)(C)O[C@H]1CC=C2. The molecule has 5 atom stereocenters. The number of ether oxygens (including phenoxy) is 6. The van der Waals surface area contributed by atoms with Crippen molar-refractivity contribution in [1.29, 1.82) is 0 Å². The van der Waals surface area contributed by atoms with E-state index in [4.69, 9.17) is 28.4 Å². The number of cyclic esters (lactones) is 1. The van der Waals surface area contributed by atoms with Gasteiger partial charge in [0.05, 0.1) is 13.2 Å². The summed E-state index contributed by atoms with van der Waals surface area (Å²) in [4.78, 5) is 13.2. The van der Waals surface area contributed by atoms with Crippen LogP contribution in [0.2, 0.25) is 0 Å². The van der Waals surface area contributed by atoms with E-state index in [0.29, 0.717) is 11.3 Å². The van der Waals surface area contributed by atoms with Crippen LogP contribution in [0.25, 0.3) is 6.08 Å². The lowest BCUT2D eigenvalue weighted by molar-refractivity contribution is -0.182. The van der Waals surface area contributed by atoms with Crippen molar-refractivity contribution in [3.8, 4) is 11.5 Å². The minimum atomic E-state index is -4.75. The van der Waals surface area contributed by atoms with E-state index in [1.807, 2.05) is 0 Å². The van der Waals surface area contributed by atoms with Crippen molar-refractivity contribution < 1.29 is 51.5 Å². The lowest BCUT2D eigenvalue weighted by Gasteiger charge is -2.26. The zero-order valence-corrected chi connectivity index (χ0v) is 20.7. The second-order valence-corrected chi connectivity index (χ2v) is 8.97. The third-order valence-corrected chi connectivity index (χ3v) is 5.79. The van der Waals surface area contributed by atoms with Gasteiger partial charge in [-0.2, -0.15) is 13.2 Å². The second kappa shape index (κ2) is 11.2. The quantitative estimate of drug-likeness (QED) is 0.361. The molecular weight excluding hydrogens is 485 g/mol. The molecule has 0 spiro atoms. The number of methoxy groups -OCH3 is 2. The molecule has 0 aliphatic carbocycles. The van der Waals surface area contributed by atoms with E-state index in [1.165, 1.54) is 26.4 Å². The Labute approximate surface area is 207 Å². The Kier molecular flexibility index (Phi) is 8.71. The maximum Gasteiger partial charge on any atom is 0.398 e. The number of rotatable bonds is 4. The first kappa shape index (κ1) is 28.0. The van der Waals surface area contributed by atoms with Gasteiger partial charge in [0.1, 0.15) is 41.3 Å². The number of esters is 1. The summed E-state index contributed by atoms with van der Waals surface area (Å²) in [5, 5.41) is 10.7. The molecule has 0 amide bonds. The van der Waals surface area contributed by atoms with Crippen molar-refractivity contribution in [3.05, 3.63) is 41.5 Å². The fourth-order valence-corrected chi connectivity index (χ4v) is 4.15. The van der Waals surface area contributed by atoms with E-state index in [0.717, 1.165) is 19.1 Å². The first-order valence-electron chi connectivity index (χ1n) is 11.4. The van der Waals surface area contributed by atoms with Crippen molar-refractivity contribution in [2.75, 3.05) is 21.0 Å². The Morgan fingerprint density at radius 3 is 2.53 bits per heavy atom. The lowest BCUT2D eigenvalue weighted by Crippen LogP contribution is -2.36. The van der Waals surface area contributed by atoms with Gasteiger partial charge in [0.25, 0.3) is 0 Å². The summed E-state index contributed by atoms with van der Waals surface area (Å²) in [7, 11) is 2.81. The summed E-state index contributed by atoms with van der Waals surface area (Å²) in [5.74, 6) is -3.89. The number of carbonyl (C=O) groups is 1. The van der Waals surface area contributed by atoms with E-state index < -0.39 is 48.3 Å². The number of fused-ring (bicyclic) bond motifs is 2. The molecule has 2 heterocycles. The molecule has 36 heavy (non-hydrogen) atoms. The number of hydrogen-bond donors (Lipinski definition) is 1. The highest BCUT2D eigenvalue weighted by Gasteiger charge is 2.46. The molecule has 1 aromatic rings. The van der Waals surface area contributed by atoms with E-state index in [1.54, 1.807) is 26.0 Å². The van der Waals surface area contributed by atoms with E-state index in [2.05, 4.69) is 0 Å². The van der Waals surface area contributed by atoms with Crippen molar-refractivity contribution in [3.63, 3.8) is 0 Å². The molecule has 11 heteroatoms. The van der Waals surface area contributed by atoms with Gasteiger partial charge in [-0.1, -0.05) is 24.3 Å². The molecule has 200 valence electrons. The van der Waals surface area contributed by atoms with Crippen LogP contribution in [0, 0.1) is 5.92 Å². The van der Waals surface area contributed by atoms with Crippen LogP contribution in [0.3, 0.4) is 0 Å². The lowest BCUT2D eigenvalue weighted by atomic mass is 9.97. The van der Waals surface area contributed by atoms with Crippen molar-refractivity contribution >= 4 is 12.0 Å². The number of benzene rings is 1. The van der Waals surface area contributed by atoms with Crippen LogP contribution in [0.4, 0.5) is 13.2 Å². The Hall–Kier alpha value is -2.60. The fraction of sp³-hybridized carbons (Fsp3) is 0.560. The van der Waals surface area contributed by atoms with Crippen molar-refractivity contribution in [2.45, 2.75) is 63.6 Å². The minimum Gasteiger partial charge on any atom is -0.497 e. The van der Waals surface area contributed by atoms with Gasteiger partial charge in [-0.3, -0.25) is 0 Å². The van der Waals surface area contributed by atoms with Gasteiger partial charge in [0.2, 0.25) is 0 Å². The molecule has 1 saturated heterocycles. The zero-order chi connectivity index (χ0) is 26.7. The highest BCUT2D eigenvalue weighted by molar-refractivity contribution is 5.97. The normalized spacial score (nSPS) is 29.5. The number of aliphatic hydroxyl groups is 1. The van der Waals surface area contributed by atoms with Crippen LogP contribution >= 0.6 is 0 Å². The number of hydrogen-bond acceptors (Lipinski definition) is 8. The van der Waals surface area contributed by atoms with Gasteiger partial charge >= 0.3 is 12.1 Å². The number of aliphatic hydroxyl groups excluding tert-OH is 1. The monoisotopic (exact) mass is 516 g/mol. The average molecular weight is 517 g/mol. The highest BCUT2D eigenvalue weighted by Crippen LogP contribution is 2.37. The minimum absolute atomic E-state index is 0.0223. The van der Waals surface area contributed by atoms with E-state index >= 15 is 0 Å². The molecule has 8 nitrogen and oxygen atoms in total. The average Bonchev–Trinajstić information content (AvgIpc) is 3.10. The summed E-state index contributed by atoms with van der Waals surface area (Å²) in [6.07, 6.45) is -4.02. The molecule has 0 aromatic heterocycles. The fourth-order valence-electron chi connectivity index (χ4n) is 4.15. The van der Waals surface area contributed by atoms with Crippen LogP contribution in [0.15, 0.2) is 30.4 Å². The van der Waals surface area contributed by atoms with Gasteiger partial charge in [-0.25, -0.2) is 4.79 Å². The highest BCUT2D eigenvalue weighted by atomic mass is 19.4. The Bertz CT molecular complexity index is 988. The number of carbonyl (C=O) groups excluding carboxylic acids is 1. The third-order valence-electron chi connectivity index (χ3n) is 5.79. The van der Waals surface area contributed by atoms with Crippen LogP contribution in [0.5, 0.6) is 11.5 Å². The van der Waals surface area contributed by atoms with Gasteiger partial charge in [0, 0.05) is 13.2 Å². The first-order valence-corrected chi connectivity index (χ1v) is 11.4. The molecule has 0 saturated carbocycles. The molecule has 1 N–H and O–H groups in total. The summed E-state index contributed by atoms with van der Waals surface area (Å²) in [5.41, 5.74) is 0.211. The molecule has 2 aliphatic rings. The first-order chi connectivity index (χ1) is 16.9. The van der Waals surface area contributed by atoms with Crippen LogP contribution in [-0.2, 0) is 18.9 Å². The predicted molar refractivity (Wildman–Crippen MR) is 123 cm³/mol. The van der Waals surface area contributed by atoms with Crippen LogP contribution in [0.1, 0.15) is 43.1 Å². The van der Waals surface area contributed by atoms with Gasteiger partial charge in [0.15, 0.2) is 12.6 Å². The molecule has 0 bridgehead atoms. The van der Waals surface area contributed by atoms with Crippen LogP contribution < -0.4 is 9.47 Å². The molecule has 3 rings (SSSR count). The van der Waals surface area contributed by atoms with Crippen molar-refractivity contribution in [2.24, 2.45) is 5.92 Å². The third kappa shape index (κ3) is 6.58. The van der Waals surface area contributed by atoms with Crippen molar-refractivity contribution in [1.82, 2.24) is 0 Å². The Morgan fingerprint density at radius 2 is 1.89 bits per heavy atom. The molecule has 2 aliphatic heterocycles. The molecule has 1 fully saturated rings. The van der Waals surface area contributed by atoms with E-state index in [9.17, 15) is 23.1 Å². The Morgan fingerprint density at radius 1 is 1.17 bits per heavy atom. The summed E-state index contributed by atoms with van der Waals surface area (Å²) in [6.45, 7) is 4.22. The maximum atomic E-state index is 13.9. The van der Waals surface area contributed by atoms with E-state index in [-0.39, 0.29) is 24.5 Å². The molecule has 0 radical (unpaired) electrons. The largest absolute Gasteiger partial charge is 0.497 e. The molecular formula is C25H31F3O8. The van der Waals surface area contributed by atoms with Gasteiger partial charge in [-0.15, -0.1) is 0 Å². The van der Waals surface area contributed by atoms with Gasteiger partial charge in [-0.05, 0) is 38.8 Å². The number of halogens is 3. The standard InChI is InChI=1S/C25H31F3O8/c1-14-17(25(26,27)28)9-10-18(29)22-19(35-24(2,3)36-22)8-6-7-15-11-16(32-5)12-20(33-13-31-4)21(15)23(30)34-14/h6-7,9-12,14,17-19,22,29H,8,13H2,1-5H3/b7-6?,10-9-/t14?,17?,18?,19-,22?/m0/s1. The smallest absolute Gasteiger partial charge is 0.398 e. The zero-order valence-electron chi connectivity index (χ0n) is 20.7. The topological polar surface area (TPSA) is 92.7 Å². The van der Waals surface area contributed by atoms with Crippen LogP contribution in [-0.4, -0.2) is 68.5 Å². The second-order valence-electron chi connectivity index (χ2n) is 8.97.